The zero-order valence-electron chi connectivity index (χ0n) is 15.8. The lowest BCUT2D eigenvalue weighted by atomic mass is 10.2. The molecule has 1 amide bonds. The van der Waals surface area contributed by atoms with E-state index in [1.807, 2.05) is 45.0 Å². The molecule has 148 valence electrons. The normalized spacial score (nSPS) is 11.0. The van der Waals surface area contributed by atoms with Crippen molar-refractivity contribution in [3.63, 3.8) is 0 Å². The van der Waals surface area contributed by atoms with E-state index in [2.05, 4.69) is 15.6 Å². The number of halogens is 1. The summed E-state index contributed by atoms with van der Waals surface area (Å²) < 4.78 is 10.7. The standard InChI is InChI=1S/C19H26N4O3.HI/c1-13(2)26-16-7-5-15(6-8-16)23-19(20)22-11-4-10-21-18(24)17-14(3)9-12-25-17;/h5-9,12-13H,4,10-11H2,1-3H3,(H,21,24)(H3,20,22,23);1H. The second-order valence-corrected chi connectivity index (χ2v) is 6.13. The summed E-state index contributed by atoms with van der Waals surface area (Å²) in [7, 11) is 0. The number of carbonyl (C=O) groups excluding carboxylic acids is 1. The summed E-state index contributed by atoms with van der Waals surface area (Å²) in [6, 6.07) is 9.27. The number of nitrogens with two attached hydrogens (primary N) is 1. The molecular formula is C19H27IN4O3. The topological polar surface area (TPSA) is 102 Å². The van der Waals surface area contributed by atoms with Crippen LogP contribution >= 0.6 is 24.0 Å². The highest BCUT2D eigenvalue weighted by Gasteiger charge is 2.11. The predicted octanol–water partition coefficient (Wildman–Crippen LogP) is 3.54. The summed E-state index contributed by atoms with van der Waals surface area (Å²) in [6.07, 6.45) is 2.31. The van der Waals surface area contributed by atoms with Crippen LogP contribution in [0.2, 0.25) is 0 Å². The lowest BCUT2D eigenvalue weighted by molar-refractivity contribution is 0.0925. The van der Waals surface area contributed by atoms with Gasteiger partial charge in [-0.15, -0.1) is 24.0 Å². The van der Waals surface area contributed by atoms with E-state index in [-0.39, 0.29) is 36.0 Å². The second-order valence-electron chi connectivity index (χ2n) is 6.13. The molecule has 0 aliphatic heterocycles. The molecule has 0 bridgehead atoms. The molecular weight excluding hydrogens is 459 g/mol. The van der Waals surface area contributed by atoms with Crippen molar-refractivity contribution in [1.29, 1.82) is 0 Å². The number of hydrogen-bond donors (Lipinski definition) is 3. The van der Waals surface area contributed by atoms with Gasteiger partial charge in [-0.25, -0.2) is 0 Å². The van der Waals surface area contributed by atoms with Gasteiger partial charge >= 0.3 is 0 Å². The Hall–Kier alpha value is -2.23. The average Bonchev–Trinajstić information content (AvgIpc) is 3.02. The first kappa shape index (κ1) is 22.8. The van der Waals surface area contributed by atoms with E-state index in [0.717, 1.165) is 17.0 Å². The van der Waals surface area contributed by atoms with Gasteiger partial charge in [0.15, 0.2) is 11.7 Å². The molecule has 2 rings (SSSR count). The predicted molar refractivity (Wildman–Crippen MR) is 118 cm³/mol. The van der Waals surface area contributed by atoms with Crippen molar-refractivity contribution in [2.75, 3.05) is 18.4 Å². The average molecular weight is 486 g/mol. The summed E-state index contributed by atoms with van der Waals surface area (Å²) in [5.41, 5.74) is 7.52. The van der Waals surface area contributed by atoms with Gasteiger partial charge in [-0.3, -0.25) is 9.79 Å². The lowest BCUT2D eigenvalue weighted by Gasteiger charge is -2.11. The minimum absolute atomic E-state index is 0. The number of guanidine groups is 1. The quantitative estimate of drug-likeness (QED) is 0.229. The van der Waals surface area contributed by atoms with Crippen LogP contribution in [0.25, 0.3) is 0 Å². The van der Waals surface area contributed by atoms with Crippen LogP contribution in [0.15, 0.2) is 46.0 Å². The number of hydrogen-bond acceptors (Lipinski definition) is 4. The van der Waals surface area contributed by atoms with E-state index in [1.54, 1.807) is 6.07 Å². The molecule has 0 saturated heterocycles. The Balaban J connectivity index is 0.00000364. The number of nitrogens with one attached hydrogen (secondary N) is 2. The van der Waals surface area contributed by atoms with Crippen LogP contribution in [0.5, 0.6) is 5.75 Å². The van der Waals surface area contributed by atoms with Gasteiger partial charge in [-0.1, -0.05) is 0 Å². The van der Waals surface area contributed by atoms with Gasteiger partial charge in [0.1, 0.15) is 5.75 Å². The van der Waals surface area contributed by atoms with Crippen LogP contribution in [-0.2, 0) is 0 Å². The Morgan fingerprint density at radius 2 is 1.96 bits per heavy atom. The molecule has 0 fully saturated rings. The van der Waals surface area contributed by atoms with E-state index >= 15 is 0 Å². The minimum Gasteiger partial charge on any atom is -0.491 e. The molecule has 7 nitrogen and oxygen atoms in total. The number of benzene rings is 1. The van der Waals surface area contributed by atoms with Crippen molar-refractivity contribution in [3.05, 3.63) is 47.9 Å². The van der Waals surface area contributed by atoms with Crippen LogP contribution < -0.4 is 21.1 Å². The van der Waals surface area contributed by atoms with Gasteiger partial charge < -0.3 is 25.5 Å². The molecule has 4 N–H and O–H groups in total. The summed E-state index contributed by atoms with van der Waals surface area (Å²) in [5, 5.41) is 5.82. The van der Waals surface area contributed by atoms with E-state index < -0.39 is 0 Å². The first-order chi connectivity index (χ1) is 12.5. The van der Waals surface area contributed by atoms with E-state index in [4.69, 9.17) is 14.9 Å². The third kappa shape index (κ3) is 7.90. The summed E-state index contributed by atoms with van der Waals surface area (Å²) in [5.74, 6) is 1.27. The zero-order chi connectivity index (χ0) is 18.9. The largest absolute Gasteiger partial charge is 0.491 e. The van der Waals surface area contributed by atoms with Crippen molar-refractivity contribution >= 4 is 41.5 Å². The number of anilines is 1. The van der Waals surface area contributed by atoms with Gasteiger partial charge in [0.2, 0.25) is 0 Å². The number of amides is 1. The minimum atomic E-state index is -0.216. The molecule has 0 aliphatic rings. The first-order valence-corrected chi connectivity index (χ1v) is 8.61. The molecule has 27 heavy (non-hydrogen) atoms. The summed E-state index contributed by atoms with van der Waals surface area (Å²) >= 11 is 0. The molecule has 2 aromatic rings. The molecule has 1 heterocycles. The lowest BCUT2D eigenvalue weighted by Crippen LogP contribution is -2.26. The van der Waals surface area contributed by atoms with Crippen LogP contribution in [0.4, 0.5) is 5.69 Å². The van der Waals surface area contributed by atoms with Crippen molar-refractivity contribution in [1.82, 2.24) is 5.32 Å². The van der Waals surface area contributed by atoms with E-state index in [0.29, 0.717) is 31.2 Å². The SMILES string of the molecule is Cc1ccoc1C(=O)NCCCN=C(N)Nc1ccc(OC(C)C)cc1.I. The number of rotatable bonds is 8. The Kier molecular flexibility index (Phi) is 9.70. The van der Waals surface area contributed by atoms with E-state index in [9.17, 15) is 4.79 Å². The molecule has 0 unspecified atom stereocenters. The third-order valence-corrected chi connectivity index (χ3v) is 3.47. The monoisotopic (exact) mass is 486 g/mol. The molecule has 0 aliphatic carbocycles. The molecule has 0 saturated carbocycles. The number of furan rings is 1. The van der Waals surface area contributed by atoms with Gasteiger partial charge in [-0.2, -0.15) is 0 Å². The van der Waals surface area contributed by atoms with Crippen molar-refractivity contribution in [3.8, 4) is 5.75 Å². The van der Waals surface area contributed by atoms with Crippen molar-refractivity contribution < 1.29 is 13.9 Å². The molecule has 0 radical (unpaired) electrons. The number of aryl methyl sites for hydroxylation is 1. The fourth-order valence-electron chi connectivity index (χ4n) is 2.24. The maximum Gasteiger partial charge on any atom is 0.287 e. The number of ether oxygens (including phenoxy) is 1. The number of aliphatic imine (C=N–C) groups is 1. The fraction of sp³-hybridized carbons (Fsp3) is 0.368. The highest BCUT2D eigenvalue weighted by molar-refractivity contribution is 14.0. The van der Waals surface area contributed by atoms with Crippen molar-refractivity contribution in [2.24, 2.45) is 10.7 Å². The molecule has 1 aromatic carbocycles. The Morgan fingerprint density at radius 1 is 1.26 bits per heavy atom. The van der Waals surface area contributed by atoms with Gasteiger partial charge in [0.25, 0.3) is 5.91 Å². The fourth-order valence-corrected chi connectivity index (χ4v) is 2.24. The van der Waals surface area contributed by atoms with Crippen LogP contribution in [0, 0.1) is 6.92 Å². The summed E-state index contributed by atoms with van der Waals surface area (Å²) in [4.78, 5) is 16.1. The van der Waals surface area contributed by atoms with Gasteiger partial charge in [0, 0.05) is 24.3 Å². The highest BCUT2D eigenvalue weighted by Crippen LogP contribution is 2.16. The Labute approximate surface area is 176 Å². The molecule has 0 atom stereocenters. The maximum atomic E-state index is 11.9. The molecule has 8 heteroatoms. The van der Waals surface area contributed by atoms with Gasteiger partial charge in [-0.05, 0) is 57.5 Å². The van der Waals surface area contributed by atoms with E-state index in [1.165, 1.54) is 6.26 Å². The smallest absolute Gasteiger partial charge is 0.287 e. The maximum absolute atomic E-state index is 11.9. The Morgan fingerprint density at radius 3 is 2.56 bits per heavy atom. The van der Waals surface area contributed by atoms with Gasteiger partial charge in [0.05, 0.1) is 12.4 Å². The number of nitrogens with zero attached hydrogens (tertiary/aromatic N) is 1. The van der Waals surface area contributed by atoms with Crippen molar-refractivity contribution in [2.45, 2.75) is 33.3 Å². The summed E-state index contributed by atoms with van der Waals surface area (Å²) in [6.45, 7) is 6.79. The zero-order valence-corrected chi connectivity index (χ0v) is 18.2. The highest BCUT2D eigenvalue weighted by atomic mass is 127. The van der Waals surface area contributed by atoms with Crippen LogP contribution in [0.3, 0.4) is 0 Å². The molecule has 1 aromatic heterocycles. The first-order valence-electron chi connectivity index (χ1n) is 8.61. The Bertz CT molecular complexity index is 742. The van der Waals surface area contributed by atoms with Crippen LogP contribution in [0.1, 0.15) is 36.4 Å². The second kappa shape index (κ2) is 11.5. The third-order valence-electron chi connectivity index (χ3n) is 3.47. The van der Waals surface area contributed by atoms with Crippen LogP contribution in [-0.4, -0.2) is 31.1 Å². The number of carbonyl (C=O) groups is 1. The molecule has 0 spiro atoms.